The number of piperidine rings is 1. The molecule has 2 N–H and O–H groups in total. The number of amides is 1. The second kappa shape index (κ2) is 6.71. The fourth-order valence-electron chi connectivity index (χ4n) is 3.14. The molecule has 2 saturated heterocycles. The van der Waals surface area contributed by atoms with Crippen molar-refractivity contribution in [3.05, 3.63) is 35.4 Å². The van der Waals surface area contributed by atoms with Crippen molar-refractivity contribution in [2.45, 2.75) is 31.4 Å². The van der Waals surface area contributed by atoms with Gasteiger partial charge in [0.1, 0.15) is 6.10 Å². The fourth-order valence-corrected chi connectivity index (χ4v) is 3.14. The Bertz CT molecular complexity index is 547. The van der Waals surface area contributed by atoms with Crippen molar-refractivity contribution in [3.8, 4) is 0 Å². The molecule has 0 saturated carbocycles. The van der Waals surface area contributed by atoms with Gasteiger partial charge in [-0.1, -0.05) is 6.07 Å². The summed E-state index contributed by atoms with van der Waals surface area (Å²) >= 11 is 0. The minimum atomic E-state index is -0.892. The van der Waals surface area contributed by atoms with Gasteiger partial charge in [0.05, 0.1) is 6.04 Å². The number of carbonyl (C=O) groups excluding carboxylic acids is 1. The van der Waals surface area contributed by atoms with Gasteiger partial charge in [-0.15, -0.1) is 0 Å². The SMILES string of the molecule is O=C(NC1CCOC1c1ccc(F)c(F)c1)C1CCNCC1. The summed E-state index contributed by atoms with van der Waals surface area (Å²) in [7, 11) is 0. The van der Waals surface area contributed by atoms with Gasteiger partial charge in [-0.25, -0.2) is 8.78 Å². The highest BCUT2D eigenvalue weighted by atomic mass is 19.2. The molecule has 2 aliphatic rings. The van der Waals surface area contributed by atoms with Crippen molar-refractivity contribution >= 4 is 5.91 Å². The quantitative estimate of drug-likeness (QED) is 0.897. The van der Waals surface area contributed by atoms with E-state index in [2.05, 4.69) is 10.6 Å². The van der Waals surface area contributed by atoms with Crippen LogP contribution in [0.4, 0.5) is 8.78 Å². The monoisotopic (exact) mass is 310 g/mol. The number of hydrogen-bond donors (Lipinski definition) is 2. The standard InChI is InChI=1S/C16H20F2N2O2/c17-12-2-1-11(9-13(12)18)15-14(5-8-22-15)20-16(21)10-3-6-19-7-4-10/h1-2,9-10,14-15,19H,3-8H2,(H,20,21). The summed E-state index contributed by atoms with van der Waals surface area (Å²) in [5, 5.41) is 6.25. The summed E-state index contributed by atoms with van der Waals surface area (Å²) in [6, 6.07) is 3.57. The van der Waals surface area contributed by atoms with Gasteiger partial charge in [0.25, 0.3) is 0 Å². The second-order valence-electron chi connectivity index (χ2n) is 5.89. The molecule has 2 aliphatic heterocycles. The predicted octanol–water partition coefficient (Wildman–Crippen LogP) is 1.91. The van der Waals surface area contributed by atoms with Crippen LogP contribution in [0.3, 0.4) is 0 Å². The van der Waals surface area contributed by atoms with Crippen LogP contribution in [-0.4, -0.2) is 31.6 Å². The average molecular weight is 310 g/mol. The maximum absolute atomic E-state index is 13.4. The van der Waals surface area contributed by atoms with E-state index in [4.69, 9.17) is 4.74 Å². The zero-order valence-corrected chi connectivity index (χ0v) is 12.3. The molecule has 2 fully saturated rings. The van der Waals surface area contributed by atoms with Crippen molar-refractivity contribution in [2.24, 2.45) is 5.92 Å². The molecule has 1 aromatic rings. The van der Waals surface area contributed by atoms with E-state index in [0.717, 1.165) is 38.1 Å². The average Bonchev–Trinajstić information content (AvgIpc) is 2.99. The van der Waals surface area contributed by atoms with Crippen LogP contribution in [0, 0.1) is 17.6 Å². The molecule has 1 amide bonds. The molecule has 6 heteroatoms. The lowest BCUT2D eigenvalue weighted by atomic mass is 9.95. The van der Waals surface area contributed by atoms with Crippen molar-refractivity contribution in [3.63, 3.8) is 0 Å². The third-order valence-corrected chi connectivity index (χ3v) is 4.40. The first-order chi connectivity index (χ1) is 10.6. The Hall–Kier alpha value is -1.53. The normalized spacial score (nSPS) is 26.1. The number of rotatable bonds is 3. The maximum atomic E-state index is 13.4. The molecular weight excluding hydrogens is 290 g/mol. The van der Waals surface area contributed by atoms with Gasteiger partial charge in [0.15, 0.2) is 11.6 Å². The Morgan fingerprint density at radius 1 is 1.18 bits per heavy atom. The molecule has 3 rings (SSSR count). The summed E-state index contributed by atoms with van der Waals surface area (Å²) < 4.78 is 32.1. The van der Waals surface area contributed by atoms with Crippen molar-refractivity contribution in [1.29, 1.82) is 0 Å². The van der Waals surface area contributed by atoms with Gasteiger partial charge in [-0.3, -0.25) is 4.79 Å². The highest BCUT2D eigenvalue weighted by Crippen LogP contribution is 2.30. The number of carbonyl (C=O) groups is 1. The lowest BCUT2D eigenvalue weighted by molar-refractivity contribution is -0.126. The lowest BCUT2D eigenvalue weighted by Crippen LogP contribution is -2.43. The van der Waals surface area contributed by atoms with Crippen LogP contribution in [-0.2, 0) is 9.53 Å². The topological polar surface area (TPSA) is 50.4 Å². The van der Waals surface area contributed by atoms with Gasteiger partial charge < -0.3 is 15.4 Å². The molecule has 2 atom stereocenters. The number of halogens is 2. The van der Waals surface area contributed by atoms with Crippen LogP contribution in [0.2, 0.25) is 0 Å². The Morgan fingerprint density at radius 2 is 1.95 bits per heavy atom. The Balaban J connectivity index is 1.67. The van der Waals surface area contributed by atoms with Gasteiger partial charge in [0.2, 0.25) is 5.91 Å². The Kier molecular flexibility index (Phi) is 4.69. The molecule has 0 spiro atoms. The summed E-state index contributed by atoms with van der Waals surface area (Å²) in [5.74, 6) is -1.72. The number of hydrogen-bond acceptors (Lipinski definition) is 3. The van der Waals surface area contributed by atoms with Crippen LogP contribution in [0.1, 0.15) is 30.9 Å². The van der Waals surface area contributed by atoms with E-state index in [1.165, 1.54) is 6.07 Å². The summed E-state index contributed by atoms with van der Waals surface area (Å²) in [4.78, 5) is 12.3. The molecule has 0 bridgehead atoms. The zero-order valence-electron chi connectivity index (χ0n) is 12.3. The molecule has 120 valence electrons. The summed E-state index contributed by atoms with van der Waals surface area (Å²) in [6.07, 6.45) is 1.92. The molecule has 0 aliphatic carbocycles. The van der Waals surface area contributed by atoms with E-state index in [1.54, 1.807) is 0 Å². The number of benzene rings is 1. The molecular formula is C16H20F2N2O2. The first-order valence-electron chi connectivity index (χ1n) is 7.73. The lowest BCUT2D eigenvalue weighted by Gasteiger charge is -2.26. The summed E-state index contributed by atoms with van der Waals surface area (Å²) in [5.41, 5.74) is 0.562. The van der Waals surface area contributed by atoms with Gasteiger partial charge >= 0.3 is 0 Å². The first kappa shape index (κ1) is 15.4. The minimum Gasteiger partial charge on any atom is -0.371 e. The van der Waals surface area contributed by atoms with Gasteiger partial charge in [-0.2, -0.15) is 0 Å². The van der Waals surface area contributed by atoms with E-state index in [0.29, 0.717) is 18.6 Å². The smallest absolute Gasteiger partial charge is 0.223 e. The largest absolute Gasteiger partial charge is 0.371 e. The molecule has 4 nitrogen and oxygen atoms in total. The maximum Gasteiger partial charge on any atom is 0.223 e. The third kappa shape index (κ3) is 3.28. The predicted molar refractivity (Wildman–Crippen MR) is 77.2 cm³/mol. The minimum absolute atomic E-state index is 0.0208. The van der Waals surface area contributed by atoms with Crippen molar-refractivity contribution in [1.82, 2.24) is 10.6 Å². The summed E-state index contributed by atoms with van der Waals surface area (Å²) in [6.45, 7) is 2.21. The Morgan fingerprint density at radius 3 is 2.68 bits per heavy atom. The van der Waals surface area contributed by atoms with Crippen molar-refractivity contribution in [2.75, 3.05) is 19.7 Å². The highest BCUT2D eigenvalue weighted by Gasteiger charge is 2.33. The number of nitrogens with one attached hydrogen (secondary N) is 2. The van der Waals surface area contributed by atoms with E-state index in [1.807, 2.05) is 0 Å². The van der Waals surface area contributed by atoms with Crippen LogP contribution in [0.15, 0.2) is 18.2 Å². The van der Waals surface area contributed by atoms with Gasteiger partial charge in [0, 0.05) is 12.5 Å². The Labute approximate surface area is 128 Å². The molecule has 0 aromatic heterocycles. The molecule has 22 heavy (non-hydrogen) atoms. The molecule has 2 unspecified atom stereocenters. The van der Waals surface area contributed by atoms with E-state index < -0.39 is 17.7 Å². The number of ether oxygens (including phenoxy) is 1. The van der Waals surface area contributed by atoms with Gasteiger partial charge in [-0.05, 0) is 50.0 Å². The molecule has 2 heterocycles. The van der Waals surface area contributed by atoms with E-state index in [9.17, 15) is 13.6 Å². The zero-order chi connectivity index (χ0) is 15.5. The van der Waals surface area contributed by atoms with E-state index in [-0.39, 0.29) is 17.9 Å². The highest BCUT2D eigenvalue weighted by molar-refractivity contribution is 5.79. The molecule has 1 aromatic carbocycles. The molecule has 0 radical (unpaired) electrons. The van der Waals surface area contributed by atoms with Crippen LogP contribution >= 0.6 is 0 Å². The van der Waals surface area contributed by atoms with Crippen LogP contribution < -0.4 is 10.6 Å². The third-order valence-electron chi connectivity index (χ3n) is 4.40. The fraction of sp³-hybridized carbons (Fsp3) is 0.562. The van der Waals surface area contributed by atoms with Crippen molar-refractivity contribution < 1.29 is 18.3 Å². The first-order valence-corrected chi connectivity index (χ1v) is 7.73. The van der Waals surface area contributed by atoms with E-state index >= 15 is 0 Å². The van der Waals surface area contributed by atoms with Crippen LogP contribution in [0.5, 0.6) is 0 Å². The second-order valence-corrected chi connectivity index (χ2v) is 5.89. The van der Waals surface area contributed by atoms with Crippen LogP contribution in [0.25, 0.3) is 0 Å².